The zero-order chi connectivity index (χ0) is 25.2. The second-order valence-corrected chi connectivity index (χ2v) is 8.18. The van der Waals surface area contributed by atoms with Crippen LogP contribution >= 0.6 is 0 Å². The fourth-order valence-electron chi connectivity index (χ4n) is 3.15. The van der Waals surface area contributed by atoms with Crippen molar-refractivity contribution in [2.24, 2.45) is 0 Å². The highest BCUT2D eigenvalue weighted by Gasteiger charge is 2.05. The van der Waals surface area contributed by atoms with E-state index < -0.39 is 17.9 Å². The van der Waals surface area contributed by atoms with E-state index in [1.54, 1.807) is 0 Å². The number of ether oxygens (including phenoxy) is 1. The maximum Gasteiger partial charge on any atom is 0.337 e. The van der Waals surface area contributed by atoms with Crippen LogP contribution in [0.25, 0.3) is 0 Å². The summed E-state index contributed by atoms with van der Waals surface area (Å²) in [6, 6.07) is 0. The Hall–Kier alpha value is -2.37. The molecule has 0 aliphatic rings. The quantitative estimate of drug-likeness (QED) is 0.0800. The summed E-state index contributed by atoms with van der Waals surface area (Å²) in [6.45, 7) is 9.10. The molecule has 190 valence electrons. The van der Waals surface area contributed by atoms with Crippen molar-refractivity contribution in [3.05, 3.63) is 37.0 Å². The Bertz CT molecular complexity index is 565. The summed E-state index contributed by atoms with van der Waals surface area (Å²) in [4.78, 5) is 31.2. The molecule has 0 spiro atoms. The van der Waals surface area contributed by atoms with E-state index in [2.05, 4.69) is 20.1 Å². The molecule has 0 aromatic carbocycles. The molecule has 0 amide bonds. The van der Waals surface area contributed by atoms with Crippen molar-refractivity contribution >= 4 is 17.9 Å². The molecule has 2 N–H and O–H groups in total. The van der Waals surface area contributed by atoms with Gasteiger partial charge in [-0.05, 0) is 12.5 Å². The van der Waals surface area contributed by atoms with Gasteiger partial charge >= 0.3 is 17.9 Å². The average molecular weight is 467 g/mol. The van der Waals surface area contributed by atoms with Crippen molar-refractivity contribution in [2.75, 3.05) is 6.61 Å². The lowest BCUT2D eigenvalue weighted by Gasteiger charge is -2.05. The van der Waals surface area contributed by atoms with Crippen LogP contribution in [0.4, 0.5) is 0 Å². The van der Waals surface area contributed by atoms with Crippen LogP contribution in [0.2, 0.25) is 0 Å². The van der Waals surface area contributed by atoms with Crippen LogP contribution < -0.4 is 0 Å². The molecule has 0 aromatic heterocycles. The number of carboxylic acids is 2. The van der Waals surface area contributed by atoms with E-state index in [-0.39, 0.29) is 5.57 Å². The normalized spacial score (nSPS) is 10.3. The number of hydrogen-bond acceptors (Lipinski definition) is 4. The number of aliphatic carboxylic acids is 2. The molecular formula is C27H46O6. The zero-order valence-corrected chi connectivity index (χ0v) is 20.7. The van der Waals surface area contributed by atoms with Crippen LogP contribution in [0.15, 0.2) is 37.0 Å². The van der Waals surface area contributed by atoms with E-state index >= 15 is 0 Å². The lowest BCUT2D eigenvalue weighted by molar-refractivity contribution is -0.138. The Morgan fingerprint density at radius 3 is 1.36 bits per heavy atom. The lowest BCUT2D eigenvalue weighted by atomic mass is 10.0. The highest BCUT2D eigenvalue weighted by molar-refractivity contribution is 5.93. The fourth-order valence-corrected chi connectivity index (χ4v) is 3.15. The van der Waals surface area contributed by atoms with Gasteiger partial charge in [0, 0.05) is 12.2 Å². The van der Waals surface area contributed by atoms with Gasteiger partial charge in [0.2, 0.25) is 0 Å². The Morgan fingerprint density at radius 2 is 1.03 bits per heavy atom. The Kier molecular flexibility index (Phi) is 25.7. The van der Waals surface area contributed by atoms with Crippen molar-refractivity contribution in [3.63, 3.8) is 0 Å². The van der Waals surface area contributed by atoms with Crippen LogP contribution in [-0.4, -0.2) is 34.7 Å². The van der Waals surface area contributed by atoms with Gasteiger partial charge in [0.05, 0.1) is 12.2 Å². The first kappa shape index (κ1) is 32.8. The number of carbonyl (C=O) groups is 3. The van der Waals surface area contributed by atoms with Crippen LogP contribution in [0, 0.1) is 0 Å². The van der Waals surface area contributed by atoms with Crippen molar-refractivity contribution in [2.45, 2.75) is 110 Å². The van der Waals surface area contributed by atoms with E-state index in [1.807, 2.05) is 0 Å². The number of unbranched alkanes of at least 4 members (excludes halogenated alkanes) is 15. The second-order valence-electron chi connectivity index (χ2n) is 8.18. The van der Waals surface area contributed by atoms with Crippen molar-refractivity contribution in [3.8, 4) is 0 Å². The van der Waals surface area contributed by atoms with Gasteiger partial charge in [0.15, 0.2) is 0 Å². The molecule has 0 aromatic rings. The number of rotatable bonds is 21. The Balaban J connectivity index is 0. The third kappa shape index (κ3) is 29.6. The number of carboxylic acid groups (broad SMARTS) is 2. The molecule has 0 aliphatic heterocycles. The first-order chi connectivity index (χ1) is 15.8. The first-order valence-corrected chi connectivity index (χ1v) is 12.5. The highest BCUT2D eigenvalue weighted by Crippen LogP contribution is 2.13. The van der Waals surface area contributed by atoms with Gasteiger partial charge in [0.25, 0.3) is 0 Å². The monoisotopic (exact) mass is 466 g/mol. The van der Waals surface area contributed by atoms with Crippen molar-refractivity contribution in [1.29, 1.82) is 0 Å². The van der Waals surface area contributed by atoms with Gasteiger partial charge in [-0.25, -0.2) is 14.4 Å². The molecule has 0 fully saturated rings. The average Bonchev–Trinajstić information content (AvgIpc) is 2.79. The van der Waals surface area contributed by atoms with Gasteiger partial charge in [-0.2, -0.15) is 0 Å². The second kappa shape index (κ2) is 25.9. The molecule has 0 heterocycles. The summed E-state index contributed by atoms with van der Waals surface area (Å²) in [7, 11) is 0. The minimum atomic E-state index is -1.10. The van der Waals surface area contributed by atoms with E-state index in [9.17, 15) is 14.4 Å². The molecule has 0 radical (unpaired) electrons. The summed E-state index contributed by atoms with van der Waals surface area (Å²) in [5.41, 5.74) is 0.0684. The van der Waals surface area contributed by atoms with Crippen LogP contribution in [0.5, 0.6) is 0 Å². The first-order valence-electron chi connectivity index (χ1n) is 12.5. The SMILES string of the molecule is C=C(C=CC(=O)O)C(=O)OCCCCCCCCCCCCCCCCCC.C=CC(=O)O. The summed E-state index contributed by atoms with van der Waals surface area (Å²) < 4.78 is 5.07. The summed E-state index contributed by atoms with van der Waals surface area (Å²) in [5, 5.41) is 16.1. The molecule has 0 aliphatic carbocycles. The van der Waals surface area contributed by atoms with Gasteiger partial charge in [0.1, 0.15) is 0 Å². The highest BCUT2D eigenvalue weighted by atomic mass is 16.5. The van der Waals surface area contributed by atoms with Crippen LogP contribution in [0.1, 0.15) is 110 Å². The van der Waals surface area contributed by atoms with E-state index in [0.29, 0.717) is 6.61 Å². The van der Waals surface area contributed by atoms with E-state index in [1.165, 1.54) is 89.9 Å². The van der Waals surface area contributed by atoms with Crippen molar-refractivity contribution in [1.82, 2.24) is 0 Å². The minimum absolute atomic E-state index is 0.0684. The van der Waals surface area contributed by atoms with Crippen molar-refractivity contribution < 1.29 is 29.3 Å². The summed E-state index contributed by atoms with van der Waals surface area (Å²) >= 11 is 0. The van der Waals surface area contributed by atoms with Crippen LogP contribution in [0.3, 0.4) is 0 Å². The molecule has 6 heteroatoms. The maximum atomic E-state index is 11.5. The molecule has 0 atom stereocenters. The predicted molar refractivity (Wildman–Crippen MR) is 134 cm³/mol. The molecule has 6 nitrogen and oxygen atoms in total. The minimum Gasteiger partial charge on any atom is -0.478 e. The Labute approximate surface area is 200 Å². The Morgan fingerprint density at radius 1 is 0.667 bits per heavy atom. The van der Waals surface area contributed by atoms with E-state index in [0.717, 1.165) is 31.1 Å². The summed E-state index contributed by atoms with van der Waals surface area (Å²) in [6.07, 6.45) is 23.8. The predicted octanol–water partition coefficient (Wildman–Crippen LogP) is 7.25. The van der Waals surface area contributed by atoms with E-state index in [4.69, 9.17) is 14.9 Å². The molecule has 33 heavy (non-hydrogen) atoms. The molecular weight excluding hydrogens is 420 g/mol. The lowest BCUT2D eigenvalue weighted by Crippen LogP contribution is -2.07. The molecule has 0 saturated heterocycles. The smallest absolute Gasteiger partial charge is 0.337 e. The molecule has 0 saturated carbocycles. The fraction of sp³-hybridized carbons (Fsp3) is 0.667. The standard InChI is InChI=1S/C24H42O4.C3H4O2/c1-3-4-5-6-7-8-9-10-11-12-13-14-15-16-17-18-21-28-24(27)22(2)19-20-23(25)26;1-2-3(4)5/h19-20H,2-18,21H2,1H3,(H,25,26);2H,1H2,(H,4,5). The van der Waals surface area contributed by atoms with Gasteiger partial charge in [-0.1, -0.05) is 116 Å². The van der Waals surface area contributed by atoms with Gasteiger partial charge in [-0.15, -0.1) is 0 Å². The maximum absolute atomic E-state index is 11.5. The van der Waals surface area contributed by atoms with Gasteiger partial charge in [-0.3, -0.25) is 0 Å². The molecule has 0 unspecified atom stereocenters. The topological polar surface area (TPSA) is 101 Å². The largest absolute Gasteiger partial charge is 0.478 e. The molecule has 0 rings (SSSR count). The van der Waals surface area contributed by atoms with Gasteiger partial charge < -0.3 is 14.9 Å². The molecule has 0 bridgehead atoms. The van der Waals surface area contributed by atoms with Crippen LogP contribution in [-0.2, 0) is 19.1 Å². The third-order valence-electron chi connectivity index (χ3n) is 5.09. The third-order valence-corrected chi connectivity index (χ3v) is 5.09. The number of carbonyl (C=O) groups excluding carboxylic acids is 1. The number of esters is 1. The number of hydrogen-bond donors (Lipinski definition) is 2. The zero-order valence-electron chi connectivity index (χ0n) is 20.7. The summed E-state index contributed by atoms with van der Waals surface area (Å²) in [5.74, 6) is -2.63.